The number of thioether (sulfide) groups is 2. The third-order valence-electron chi connectivity index (χ3n) is 6.81. The number of hydrogen-bond donors (Lipinski definition) is 1. The average Bonchev–Trinajstić information content (AvgIpc) is 3.42. The summed E-state index contributed by atoms with van der Waals surface area (Å²) in [5, 5.41) is 14.3. The van der Waals surface area contributed by atoms with Gasteiger partial charge in [0.1, 0.15) is 11.1 Å². The Morgan fingerprint density at radius 1 is 1.15 bits per heavy atom. The predicted octanol–water partition coefficient (Wildman–Crippen LogP) is 3.06. The Kier molecular flexibility index (Phi) is 8.76. The van der Waals surface area contributed by atoms with Crippen molar-refractivity contribution in [3.8, 4) is 0 Å². The van der Waals surface area contributed by atoms with Crippen LogP contribution >= 0.6 is 23.5 Å². The van der Waals surface area contributed by atoms with Gasteiger partial charge in [0, 0.05) is 32.1 Å². The Balaban J connectivity index is 1.50. The summed E-state index contributed by atoms with van der Waals surface area (Å²) in [6.07, 6.45) is 0.177. The summed E-state index contributed by atoms with van der Waals surface area (Å²) in [5.41, 5.74) is 0.872. The number of nitrogens with zero attached hydrogens (tertiary/aromatic N) is 5. The maximum Gasteiger partial charge on any atom is 0.356 e. The number of ether oxygens (including phenoxy) is 2. The molecule has 41 heavy (non-hydrogen) atoms. The second-order valence-electron chi connectivity index (χ2n) is 9.51. The van der Waals surface area contributed by atoms with E-state index in [2.05, 4.69) is 20.8 Å². The molecule has 214 valence electrons. The Labute approximate surface area is 246 Å². The van der Waals surface area contributed by atoms with Gasteiger partial charge in [-0.2, -0.15) is 0 Å². The molecule has 2 atom stereocenters. The summed E-state index contributed by atoms with van der Waals surface area (Å²) in [4.78, 5) is 41.8. The number of methoxy groups -OCH3 is 1. The number of aryl methyl sites for hydroxylation is 1. The van der Waals surface area contributed by atoms with Gasteiger partial charge in [0.2, 0.25) is 11.1 Å². The van der Waals surface area contributed by atoms with Crippen LogP contribution in [0.1, 0.15) is 37.0 Å². The Bertz CT molecular complexity index is 1410. The average molecular weight is 595 g/mol. The molecule has 2 aromatic carbocycles. The first-order valence-electron chi connectivity index (χ1n) is 13.1. The number of amides is 2. The van der Waals surface area contributed by atoms with Gasteiger partial charge in [-0.25, -0.2) is 9.48 Å². The first-order valence-corrected chi connectivity index (χ1v) is 15.1. The number of rotatable bonds is 11. The molecule has 1 saturated heterocycles. The highest BCUT2D eigenvalue weighted by molar-refractivity contribution is 8.01. The molecule has 0 spiro atoms. The summed E-state index contributed by atoms with van der Waals surface area (Å²) in [6, 6.07) is 18.9. The highest BCUT2D eigenvalue weighted by atomic mass is 32.2. The first-order chi connectivity index (χ1) is 19.9. The van der Waals surface area contributed by atoms with Crippen LogP contribution in [0.5, 0.6) is 0 Å². The summed E-state index contributed by atoms with van der Waals surface area (Å²) in [7, 11) is 3.11. The number of carbonyl (C=O) groups is 3. The minimum atomic E-state index is -1.56. The van der Waals surface area contributed by atoms with Crippen LogP contribution in [0.25, 0.3) is 0 Å². The Hall–Kier alpha value is -3.68. The molecule has 0 bridgehead atoms. The van der Waals surface area contributed by atoms with E-state index in [1.165, 1.54) is 40.2 Å². The normalized spacial score (nSPS) is 20.0. The lowest BCUT2D eigenvalue weighted by atomic mass is 9.97. The zero-order chi connectivity index (χ0) is 29.0. The number of fused-ring (bicyclic) bond motifs is 1. The monoisotopic (exact) mass is 594 g/mol. The molecule has 1 N–H and O–H groups in total. The molecule has 5 rings (SSSR count). The number of benzene rings is 2. The maximum atomic E-state index is 14.1. The van der Waals surface area contributed by atoms with Crippen LogP contribution in [-0.4, -0.2) is 72.6 Å². The molecule has 0 saturated carbocycles. The minimum Gasteiger partial charge on any atom is -0.448 e. The van der Waals surface area contributed by atoms with E-state index < -0.39 is 29.1 Å². The molecule has 13 heteroatoms. The van der Waals surface area contributed by atoms with Gasteiger partial charge in [-0.3, -0.25) is 14.5 Å². The molecule has 11 nitrogen and oxygen atoms in total. The number of esters is 1. The molecular weight excluding hydrogens is 564 g/mol. The molecule has 2 aliphatic rings. The molecule has 0 unspecified atom stereocenters. The zero-order valence-corrected chi connectivity index (χ0v) is 24.5. The van der Waals surface area contributed by atoms with E-state index in [9.17, 15) is 14.4 Å². The van der Waals surface area contributed by atoms with E-state index in [-0.39, 0.29) is 18.0 Å². The second kappa shape index (κ2) is 12.5. The number of hydrogen-bond acceptors (Lipinski definition) is 10. The van der Waals surface area contributed by atoms with Crippen LogP contribution in [0, 0.1) is 0 Å². The molecule has 0 aliphatic carbocycles. The Morgan fingerprint density at radius 3 is 2.37 bits per heavy atom. The van der Waals surface area contributed by atoms with Crippen LogP contribution < -0.4 is 5.32 Å². The summed E-state index contributed by atoms with van der Waals surface area (Å²) >= 11 is 2.77. The zero-order valence-electron chi connectivity index (χ0n) is 22.9. The number of β-lactam (4-membered cyclic amide) rings is 1. The number of carbonyl (C=O) groups excluding carboxylic acids is 3. The van der Waals surface area contributed by atoms with Gasteiger partial charge in [-0.05, 0) is 33.5 Å². The molecule has 2 aliphatic heterocycles. The third kappa shape index (κ3) is 5.61. The van der Waals surface area contributed by atoms with E-state index in [1.54, 1.807) is 7.05 Å². The van der Waals surface area contributed by atoms with Crippen LogP contribution in [0.2, 0.25) is 0 Å². The fourth-order valence-corrected chi connectivity index (χ4v) is 7.21. The van der Waals surface area contributed by atoms with Crippen LogP contribution in [-0.2, 0) is 30.9 Å². The lowest BCUT2D eigenvalue weighted by molar-refractivity contribution is -0.193. The number of nitrogens with one attached hydrogen (secondary N) is 1. The van der Waals surface area contributed by atoms with Crippen molar-refractivity contribution in [2.45, 2.75) is 42.1 Å². The van der Waals surface area contributed by atoms with E-state index >= 15 is 0 Å². The summed E-state index contributed by atoms with van der Waals surface area (Å²) in [5.74, 6) is -0.690. The fourth-order valence-electron chi connectivity index (χ4n) is 4.78. The van der Waals surface area contributed by atoms with Crippen molar-refractivity contribution in [1.29, 1.82) is 0 Å². The van der Waals surface area contributed by atoms with Crippen molar-refractivity contribution in [2.24, 2.45) is 7.05 Å². The van der Waals surface area contributed by atoms with E-state index in [0.717, 1.165) is 11.1 Å². The molecule has 3 aromatic rings. The van der Waals surface area contributed by atoms with E-state index in [0.29, 0.717) is 28.7 Å². The van der Waals surface area contributed by atoms with Crippen molar-refractivity contribution in [3.63, 3.8) is 0 Å². The van der Waals surface area contributed by atoms with Crippen molar-refractivity contribution in [3.05, 3.63) is 83.1 Å². The molecule has 2 amide bonds. The summed E-state index contributed by atoms with van der Waals surface area (Å²) in [6.45, 7) is 1.88. The number of tetrazole rings is 1. The van der Waals surface area contributed by atoms with E-state index in [4.69, 9.17) is 9.47 Å². The van der Waals surface area contributed by atoms with Gasteiger partial charge in [0.05, 0.1) is 0 Å². The highest BCUT2D eigenvalue weighted by Crippen LogP contribution is 2.48. The topological polar surface area (TPSA) is 129 Å². The first kappa shape index (κ1) is 28.8. The maximum absolute atomic E-state index is 14.1. The van der Waals surface area contributed by atoms with Gasteiger partial charge < -0.3 is 14.8 Å². The highest BCUT2D eigenvalue weighted by Gasteiger charge is 2.66. The van der Waals surface area contributed by atoms with Gasteiger partial charge in [-0.1, -0.05) is 79.3 Å². The largest absolute Gasteiger partial charge is 0.448 e. The summed E-state index contributed by atoms with van der Waals surface area (Å²) < 4.78 is 13.4. The smallest absolute Gasteiger partial charge is 0.356 e. The molecule has 1 fully saturated rings. The lowest BCUT2D eigenvalue weighted by Gasteiger charge is -2.56. The quantitative estimate of drug-likeness (QED) is 0.153. The molecule has 3 heterocycles. The standard InChI is InChI=1S/C28H30N6O5S2/c1-4-11-21(35)29-28(38-3)25(37)34-22(20(16-40-26(28)34)17-41-27-30-31-32-33(27)2)24(36)39-23(18-12-7-5-8-13-18)19-14-9-6-10-15-19/h5-10,12-15,23,26H,4,11,16-17H2,1-3H3,(H,29,35)/t26-,28+/m1/s1. The van der Waals surface area contributed by atoms with E-state index in [1.807, 2.05) is 67.6 Å². The lowest BCUT2D eigenvalue weighted by Crippen LogP contribution is -2.80. The SMILES string of the molecule is CCCC(=O)N[C@]1(OC)C(=O)N2C(C(=O)OC(c3ccccc3)c3ccccc3)=C(CSc3nnnn3C)CS[C@@H]21. The van der Waals surface area contributed by atoms with Crippen LogP contribution in [0.3, 0.4) is 0 Å². The van der Waals surface area contributed by atoms with Crippen LogP contribution in [0.4, 0.5) is 0 Å². The van der Waals surface area contributed by atoms with Crippen molar-refractivity contribution in [2.75, 3.05) is 18.6 Å². The molecule has 0 radical (unpaired) electrons. The fraction of sp³-hybridized carbons (Fsp3) is 0.357. The number of aromatic nitrogens is 4. The molecule has 1 aromatic heterocycles. The van der Waals surface area contributed by atoms with Crippen molar-refractivity contribution < 1.29 is 23.9 Å². The van der Waals surface area contributed by atoms with Gasteiger partial charge in [0.15, 0.2) is 6.10 Å². The van der Waals surface area contributed by atoms with Gasteiger partial charge in [0.25, 0.3) is 11.6 Å². The second-order valence-corrected chi connectivity index (χ2v) is 11.5. The minimum absolute atomic E-state index is 0.149. The molecular formula is C28H30N6O5S2. The third-order valence-corrected chi connectivity index (χ3v) is 9.28. The Morgan fingerprint density at radius 2 is 1.80 bits per heavy atom. The van der Waals surface area contributed by atoms with Crippen molar-refractivity contribution >= 4 is 41.3 Å². The van der Waals surface area contributed by atoms with Crippen LogP contribution in [0.15, 0.2) is 77.1 Å². The predicted molar refractivity (Wildman–Crippen MR) is 153 cm³/mol. The van der Waals surface area contributed by atoms with Crippen molar-refractivity contribution in [1.82, 2.24) is 30.4 Å². The van der Waals surface area contributed by atoms with Gasteiger partial charge in [-0.15, -0.1) is 16.9 Å². The van der Waals surface area contributed by atoms with Gasteiger partial charge >= 0.3 is 5.97 Å².